The van der Waals surface area contributed by atoms with E-state index in [1.807, 2.05) is 30.3 Å². The highest BCUT2D eigenvalue weighted by molar-refractivity contribution is 7.11. The molecule has 5 nitrogen and oxygen atoms in total. The zero-order valence-corrected chi connectivity index (χ0v) is 14.9. The van der Waals surface area contributed by atoms with Crippen LogP contribution < -0.4 is 10.1 Å². The van der Waals surface area contributed by atoms with Gasteiger partial charge >= 0.3 is 5.97 Å². The van der Waals surface area contributed by atoms with Crippen LogP contribution in [0.3, 0.4) is 0 Å². The molecule has 1 atom stereocenters. The molecule has 0 saturated carbocycles. The van der Waals surface area contributed by atoms with E-state index in [0.29, 0.717) is 16.3 Å². The van der Waals surface area contributed by atoms with Gasteiger partial charge in [-0.15, -0.1) is 11.3 Å². The molecule has 0 fully saturated rings. The number of amides is 1. The van der Waals surface area contributed by atoms with Crippen molar-refractivity contribution in [1.29, 1.82) is 0 Å². The quantitative estimate of drug-likeness (QED) is 0.640. The first kappa shape index (κ1) is 17.7. The molecule has 2 aromatic carbocycles. The number of hydrogen-bond donors (Lipinski definition) is 1. The molecule has 132 valence electrons. The van der Waals surface area contributed by atoms with Gasteiger partial charge in [0.15, 0.2) is 6.10 Å². The van der Waals surface area contributed by atoms with Gasteiger partial charge in [0.25, 0.3) is 5.91 Å². The number of rotatable bonds is 6. The minimum absolute atomic E-state index is 0.397. The predicted octanol–water partition coefficient (Wildman–Crippen LogP) is 4.72. The minimum atomic E-state index is -0.898. The van der Waals surface area contributed by atoms with Gasteiger partial charge in [0, 0.05) is 5.69 Å². The van der Waals surface area contributed by atoms with E-state index < -0.39 is 18.0 Å². The number of benzene rings is 2. The fraction of sp³-hybridized carbons (Fsp3) is 0.100. The molecule has 26 heavy (non-hydrogen) atoms. The molecule has 0 spiro atoms. The number of esters is 1. The summed E-state index contributed by atoms with van der Waals surface area (Å²) in [5.41, 5.74) is 0.592. The van der Waals surface area contributed by atoms with Crippen LogP contribution in [0.2, 0.25) is 0 Å². The third-order valence-corrected chi connectivity index (χ3v) is 4.33. The molecular weight excluding hydrogens is 350 g/mol. The fourth-order valence-corrected chi connectivity index (χ4v) is 2.75. The lowest BCUT2D eigenvalue weighted by atomic mass is 10.2. The van der Waals surface area contributed by atoms with E-state index >= 15 is 0 Å². The van der Waals surface area contributed by atoms with Crippen LogP contribution in [0.4, 0.5) is 5.69 Å². The number of anilines is 1. The van der Waals surface area contributed by atoms with Crippen molar-refractivity contribution in [2.24, 2.45) is 0 Å². The van der Waals surface area contributed by atoms with Crippen LogP contribution in [-0.4, -0.2) is 18.0 Å². The summed E-state index contributed by atoms with van der Waals surface area (Å²) >= 11 is 1.27. The maximum absolute atomic E-state index is 12.2. The molecule has 1 aromatic heterocycles. The largest absolute Gasteiger partial charge is 0.457 e. The van der Waals surface area contributed by atoms with Gasteiger partial charge in [0.05, 0.1) is 0 Å². The van der Waals surface area contributed by atoms with Gasteiger partial charge < -0.3 is 14.8 Å². The van der Waals surface area contributed by atoms with E-state index in [1.54, 1.807) is 41.8 Å². The topological polar surface area (TPSA) is 64.6 Å². The maximum Gasteiger partial charge on any atom is 0.349 e. The molecule has 1 N–H and O–H groups in total. The zero-order chi connectivity index (χ0) is 18.4. The van der Waals surface area contributed by atoms with E-state index in [2.05, 4.69) is 5.32 Å². The maximum atomic E-state index is 12.2. The van der Waals surface area contributed by atoms with Crippen molar-refractivity contribution in [2.45, 2.75) is 13.0 Å². The summed E-state index contributed by atoms with van der Waals surface area (Å²) in [6, 6.07) is 19.8. The molecule has 0 aliphatic heterocycles. The minimum Gasteiger partial charge on any atom is -0.457 e. The second-order valence-corrected chi connectivity index (χ2v) is 6.40. The Morgan fingerprint density at radius 2 is 1.62 bits per heavy atom. The summed E-state index contributed by atoms with van der Waals surface area (Å²) in [6.07, 6.45) is -0.898. The monoisotopic (exact) mass is 367 g/mol. The van der Waals surface area contributed by atoms with Crippen molar-refractivity contribution in [2.75, 3.05) is 5.32 Å². The highest BCUT2D eigenvalue weighted by Gasteiger charge is 2.19. The smallest absolute Gasteiger partial charge is 0.349 e. The highest BCUT2D eigenvalue weighted by atomic mass is 32.1. The second kappa shape index (κ2) is 8.31. The molecule has 0 radical (unpaired) electrons. The number of carbonyl (C=O) groups is 2. The van der Waals surface area contributed by atoms with Gasteiger partial charge in [-0.3, -0.25) is 4.79 Å². The van der Waals surface area contributed by atoms with Crippen molar-refractivity contribution >= 4 is 28.9 Å². The average molecular weight is 367 g/mol. The Labute approximate surface area is 155 Å². The number of hydrogen-bond acceptors (Lipinski definition) is 5. The van der Waals surface area contributed by atoms with Crippen molar-refractivity contribution in [3.8, 4) is 11.5 Å². The summed E-state index contributed by atoms with van der Waals surface area (Å²) in [7, 11) is 0. The summed E-state index contributed by atoms with van der Waals surface area (Å²) < 4.78 is 10.9. The van der Waals surface area contributed by atoms with E-state index in [4.69, 9.17) is 9.47 Å². The van der Waals surface area contributed by atoms with Gasteiger partial charge in [-0.25, -0.2) is 4.79 Å². The van der Waals surface area contributed by atoms with Crippen molar-refractivity contribution < 1.29 is 19.1 Å². The molecular formula is C20H17NO4S. The standard InChI is InChI=1S/C20H17NO4S/c1-14(24-20(23)18-8-5-13-26-18)19(22)21-15-9-11-17(12-10-15)25-16-6-3-2-4-7-16/h2-14H,1H3,(H,21,22)/t14-/m0/s1. The number of thiophene rings is 1. The van der Waals surface area contributed by atoms with Crippen molar-refractivity contribution in [3.63, 3.8) is 0 Å². The SMILES string of the molecule is C[C@H](OC(=O)c1cccs1)C(=O)Nc1ccc(Oc2ccccc2)cc1. The van der Waals surface area contributed by atoms with E-state index in [0.717, 1.165) is 5.75 Å². The van der Waals surface area contributed by atoms with Crippen LogP contribution in [-0.2, 0) is 9.53 Å². The lowest BCUT2D eigenvalue weighted by Gasteiger charge is -2.13. The summed E-state index contributed by atoms with van der Waals surface area (Å²) in [4.78, 5) is 24.5. The fourth-order valence-electron chi connectivity index (χ4n) is 2.14. The molecule has 0 aliphatic carbocycles. The molecule has 3 rings (SSSR count). The Morgan fingerprint density at radius 1 is 0.923 bits per heavy atom. The van der Waals surface area contributed by atoms with E-state index in [9.17, 15) is 9.59 Å². The second-order valence-electron chi connectivity index (χ2n) is 5.45. The Balaban J connectivity index is 1.54. The molecule has 3 aromatic rings. The van der Waals surface area contributed by atoms with Gasteiger partial charge in [-0.2, -0.15) is 0 Å². The van der Waals surface area contributed by atoms with Crippen LogP contribution in [0.1, 0.15) is 16.6 Å². The molecule has 1 heterocycles. The first-order valence-electron chi connectivity index (χ1n) is 8.00. The molecule has 0 unspecified atom stereocenters. The molecule has 6 heteroatoms. The summed E-state index contributed by atoms with van der Waals surface area (Å²) in [5.74, 6) is 0.491. The van der Waals surface area contributed by atoms with Crippen LogP contribution in [0.25, 0.3) is 0 Å². The average Bonchev–Trinajstić information content (AvgIpc) is 3.19. The van der Waals surface area contributed by atoms with Crippen molar-refractivity contribution in [3.05, 3.63) is 77.0 Å². The molecule has 0 bridgehead atoms. The van der Waals surface area contributed by atoms with Gasteiger partial charge in [0.1, 0.15) is 16.4 Å². The van der Waals surface area contributed by atoms with Crippen LogP contribution in [0, 0.1) is 0 Å². The molecule has 0 saturated heterocycles. The zero-order valence-electron chi connectivity index (χ0n) is 14.0. The Bertz CT molecular complexity index is 861. The van der Waals surface area contributed by atoms with Gasteiger partial charge in [-0.1, -0.05) is 24.3 Å². The number of nitrogens with one attached hydrogen (secondary N) is 1. The third-order valence-electron chi connectivity index (χ3n) is 3.48. The predicted molar refractivity (Wildman–Crippen MR) is 101 cm³/mol. The Kier molecular flexibility index (Phi) is 5.66. The van der Waals surface area contributed by atoms with Gasteiger partial charge in [0.2, 0.25) is 0 Å². The highest BCUT2D eigenvalue weighted by Crippen LogP contribution is 2.22. The van der Waals surface area contributed by atoms with E-state index in [-0.39, 0.29) is 0 Å². The number of ether oxygens (including phenoxy) is 2. The Morgan fingerprint density at radius 3 is 2.27 bits per heavy atom. The van der Waals surface area contributed by atoms with Gasteiger partial charge in [-0.05, 0) is 54.8 Å². The summed E-state index contributed by atoms with van der Waals surface area (Å²) in [5, 5.41) is 4.49. The lowest BCUT2D eigenvalue weighted by Crippen LogP contribution is -2.29. The third kappa shape index (κ3) is 4.70. The first-order chi connectivity index (χ1) is 12.6. The van der Waals surface area contributed by atoms with Crippen LogP contribution in [0.5, 0.6) is 11.5 Å². The number of carbonyl (C=O) groups excluding carboxylic acids is 2. The van der Waals surface area contributed by atoms with Crippen LogP contribution >= 0.6 is 11.3 Å². The van der Waals surface area contributed by atoms with E-state index in [1.165, 1.54) is 18.3 Å². The summed E-state index contributed by atoms with van der Waals surface area (Å²) in [6.45, 7) is 1.54. The normalized spacial score (nSPS) is 11.4. The first-order valence-corrected chi connectivity index (χ1v) is 8.88. The molecule has 1 amide bonds. The molecule has 0 aliphatic rings. The Hall–Kier alpha value is -3.12. The van der Waals surface area contributed by atoms with Crippen molar-refractivity contribution in [1.82, 2.24) is 0 Å². The lowest BCUT2D eigenvalue weighted by molar-refractivity contribution is -0.123. The van der Waals surface area contributed by atoms with Crippen LogP contribution in [0.15, 0.2) is 72.1 Å². The number of para-hydroxylation sites is 1.